The van der Waals surface area contributed by atoms with Crippen molar-refractivity contribution >= 4 is 10.0 Å². The molecule has 0 spiro atoms. The van der Waals surface area contributed by atoms with E-state index in [1.54, 1.807) is 6.92 Å². The van der Waals surface area contributed by atoms with Crippen LogP contribution in [-0.4, -0.2) is 37.0 Å². The number of pyridine rings is 1. The molecule has 0 aromatic carbocycles. The van der Waals surface area contributed by atoms with Crippen LogP contribution >= 0.6 is 0 Å². The monoisotopic (exact) mass is 311 g/mol. The Morgan fingerprint density at radius 3 is 2.40 bits per heavy atom. The lowest BCUT2D eigenvalue weighted by Crippen LogP contribution is -2.39. The van der Waals surface area contributed by atoms with Crippen molar-refractivity contribution in [3.8, 4) is 0 Å². The van der Waals surface area contributed by atoms with Crippen LogP contribution < -0.4 is 5.73 Å². The van der Waals surface area contributed by atoms with Crippen molar-refractivity contribution in [1.29, 1.82) is 0 Å². The van der Waals surface area contributed by atoms with Crippen LogP contribution in [0.2, 0.25) is 0 Å². The maximum atomic E-state index is 12.5. The first-order chi connectivity index (χ1) is 9.20. The number of sulfonamides is 1. The van der Waals surface area contributed by atoms with E-state index < -0.39 is 22.7 Å². The molecule has 0 aliphatic carbocycles. The fourth-order valence-electron chi connectivity index (χ4n) is 1.57. The molecule has 1 heterocycles. The van der Waals surface area contributed by atoms with Gasteiger partial charge in [0.05, 0.1) is 5.69 Å². The van der Waals surface area contributed by atoms with Gasteiger partial charge in [-0.2, -0.15) is 17.5 Å². The summed E-state index contributed by atoms with van der Waals surface area (Å²) in [5.41, 5.74) is 5.79. The van der Waals surface area contributed by atoms with Gasteiger partial charge in [-0.1, -0.05) is 6.92 Å². The summed E-state index contributed by atoms with van der Waals surface area (Å²) >= 11 is 0. The van der Waals surface area contributed by atoms with Crippen LogP contribution in [-0.2, 0) is 16.6 Å². The van der Waals surface area contributed by atoms with E-state index >= 15 is 0 Å². The molecule has 5 nitrogen and oxygen atoms in total. The number of halogens is 3. The van der Waals surface area contributed by atoms with E-state index in [1.807, 2.05) is 0 Å². The van der Waals surface area contributed by atoms with Gasteiger partial charge in [-0.15, -0.1) is 0 Å². The predicted octanol–water partition coefficient (Wildman–Crippen LogP) is 1.50. The zero-order valence-electron chi connectivity index (χ0n) is 10.9. The lowest BCUT2D eigenvalue weighted by atomic mass is 10.4. The van der Waals surface area contributed by atoms with E-state index in [2.05, 4.69) is 4.98 Å². The van der Waals surface area contributed by atoms with Crippen LogP contribution in [0.1, 0.15) is 19.0 Å². The Morgan fingerprint density at radius 1 is 1.35 bits per heavy atom. The first-order valence-electron chi connectivity index (χ1n) is 5.92. The Bertz CT molecular complexity index is 529. The second-order valence-corrected chi connectivity index (χ2v) is 6.08. The van der Waals surface area contributed by atoms with Gasteiger partial charge in [0, 0.05) is 19.3 Å². The van der Waals surface area contributed by atoms with Gasteiger partial charge in [0.15, 0.2) is 0 Å². The Balaban J connectivity index is 3.08. The summed E-state index contributed by atoms with van der Waals surface area (Å²) in [7, 11) is -4.21. The third-order valence-electron chi connectivity index (χ3n) is 2.47. The number of hydrogen-bond donors (Lipinski definition) is 1. The molecule has 0 fully saturated rings. The highest BCUT2D eigenvalue weighted by Crippen LogP contribution is 2.22. The lowest BCUT2D eigenvalue weighted by molar-refractivity contribution is -0.136. The molecule has 1 aromatic rings. The number of alkyl halides is 3. The molecule has 0 aliphatic rings. The van der Waals surface area contributed by atoms with Crippen LogP contribution in [0.3, 0.4) is 0 Å². The Labute approximate surface area is 115 Å². The topological polar surface area (TPSA) is 76.3 Å². The molecular weight excluding hydrogens is 295 g/mol. The first kappa shape index (κ1) is 16.9. The van der Waals surface area contributed by atoms with Crippen LogP contribution in [0.15, 0.2) is 23.2 Å². The zero-order chi connectivity index (χ0) is 15.4. The van der Waals surface area contributed by atoms with E-state index in [0.29, 0.717) is 10.00 Å². The zero-order valence-corrected chi connectivity index (χ0v) is 11.7. The van der Waals surface area contributed by atoms with Gasteiger partial charge >= 0.3 is 6.18 Å². The van der Waals surface area contributed by atoms with Crippen LogP contribution in [0.5, 0.6) is 0 Å². The van der Waals surface area contributed by atoms with Crippen molar-refractivity contribution in [1.82, 2.24) is 9.29 Å². The lowest BCUT2D eigenvalue weighted by Gasteiger charge is -2.22. The summed E-state index contributed by atoms with van der Waals surface area (Å²) in [6.45, 7) is 0.0124. The summed E-state index contributed by atoms with van der Waals surface area (Å²) in [6, 6.07) is 2.59. The molecule has 0 unspecified atom stereocenters. The number of nitrogens with zero attached hydrogens (tertiary/aromatic N) is 2. The largest absolute Gasteiger partial charge is 0.402 e. The maximum Gasteiger partial charge on any atom is 0.402 e. The van der Waals surface area contributed by atoms with Crippen molar-refractivity contribution in [3.63, 3.8) is 0 Å². The summed E-state index contributed by atoms with van der Waals surface area (Å²) in [5.74, 6) is 0. The maximum absolute atomic E-state index is 12.5. The van der Waals surface area contributed by atoms with Gasteiger partial charge < -0.3 is 5.73 Å². The quantitative estimate of drug-likeness (QED) is 0.864. The van der Waals surface area contributed by atoms with Crippen molar-refractivity contribution in [3.05, 3.63) is 24.0 Å². The number of rotatable bonds is 6. The van der Waals surface area contributed by atoms with Crippen LogP contribution in [0.4, 0.5) is 13.2 Å². The first-order valence-corrected chi connectivity index (χ1v) is 7.36. The molecule has 20 heavy (non-hydrogen) atoms. The number of aromatic nitrogens is 1. The summed E-state index contributed by atoms with van der Waals surface area (Å²) in [6.07, 6.45) is -3.28. The minimum absolute atomic E-state index is 0.127. The highest BCUT2D eigenvalue weighted by atomic mass is 32.2. The van der Waals surface area contributed by atoms with Gasteiger partial charge in [-0.25, -0.2) is 8.42 Å². The Kier molecular flexibility index (Phi) is 5.49. The fourth-order valence-corrected chi connectivity index (χ4v) is 3.03. The molecule has 0 amide bonds. The molecule has 0 bridgehead atoms. The third-order valence-corrected chi connectivity index (χ3v) is 4.30. The van der Waals surface area contributed by atoms with Gasteiger partial charge in [-0.05, 0) is 18.6 Å². The summed E-state index contributed by atoms with van der Waals surface area (Å²) in [4.78, 5) is 3.52. The third kappa shape index (κ3) is 4.43. The van der Waals surface area contributed by atoms with Gasteiger partial charge in [-0.3, -0.25) is 4.98 Å². The van der Waals surface area contributed by atoms with E-state index in [-0.39, 0.29) is 24.4 Å². The second kappa shape index (κ2) is 6.51. The van der Waals surface area contributed by atoms with Crippen molar-refractivity contribution in [2.24, 2.45) is 5.73 Å². The average Bonchev–Trinajstić information content (AvgIpc) is 2.37. The van der Waals surface area contributed by atoms with E-state index in [4.69, 9.17) is 5.73 Å². The summed E-state index contributed by atoms with van der Waals surface area (Å²) in [5, 5.41) is 0. The normalized spacial score (nSPS) is 12.9. The molecule has 0 atom stereocenters. The average molecular weight is 311 g/mol. The van der Waals surface area contributed by atoms with E-state index in [0.717, 1.165) is 6.20 Å². The Hall–Kier alpha value is -1.19. The molecule has 114 valence electrons. The predicted molar refractivity (Wildman–Crippen MR) is 67.2 cm³/mol. The van der Waals surface area contributed by atoms with Gasteiger partial charge in [0.25, 0.3) is 0 Å². The van der Waals surface area contributed by atoms with E-state index in [9.17, 15) is 21.6 Å². The molecular formula is C11H16F3N3O2S. The summed E-state index contributed by atoms with van der Waals surface area (Å²) < 4.78 is 62.1. The van der Waals surface area contributed by atoms with Crippen LogP contribution in [0, 0.1) is 0 Å². The molecule has 0 aliphatic heterocycles. The standard InChI is InChI=1S/C11H16F3N3O2S/c1-2-5-17(8-11(12,13)14)20(18,19)10-4-3-9(6-15)16-7-10/h3-4,7H,2,5-6,8,15H2,1H3. The van der Waals surface area contributed by atoms with Crippen molar-refractivity contribution in [2.45, 2.75) is 31.0 Å². The van der Waals surface area contributed by atoms with Gasteiger partial charge in [0.2, 0.25) is 10.0 Å². The van der Waals surface area contributed by atoms with E-state index in [1.165, 1.54) is 12.1 Å². The number of nitrogens with two attached hydrogens (primary N) is 1. The van der Waals surface area contributed by atoms with Gasteiger partial charge in [0.1, 0.15) is 11.4 Å². The number of hydrogen-bond acceptors (Lipinski definition) is 4. The SMILES string of the molecule is CCCN(CC(F)(F)F)S(=O)(=O)c1ccc(CN)nc1. The highest BCUT2D eigenvalue weighted by Gasteiger charge is 2.36. The molecule has 1 aromatic heterocycles. The van der Waals surface area contributed by atoms with Crippen molar-refractivity contribution < 1.29 is 21.6 Å². The molecule has 0 saturated carbocycles. The fraction of sp³-hybridized carbons (Fsp3) is 0.545. The highest BCUT2D eigenvalue weighted by molar-refractivity contribution is 7.89. The smallest absolute Gasteiger partial charge is 0.325 e. The van der Waals surface area contributed by atoms with Crippen molar-refractivity contribution in [2.75, 3.05) is 13.1 Å². The molecule has 9 heteroatoms. The Morgan fingerprint density at radius 2 is 2.00 bits per heavy atom. The minimum atomic E-state index is -4.59. The molecule has 0 radical (unpaired) electrons. The minimum Gasteiger partial charge on any atom is -0.325 e. The second-order valence-electron chi connectivity index (χ2n) is 4.14. The molecule has 1 rings (SSSR count). The molecule has 2 N–H and O–H groups in total. The van der Waals surface area contributed by atoms with Crippen LogP contribution in [0.25, 0.3) is 0 Å². The molecule has 0 saturated heterocycles.